The van der Waals surface area contributed by atoms with Gasteiger partial charge in [0.1, 0.15) is 18.6 Å². The summed E-state index contributed by atoms with van der Waals surface area (Å²) in [6.45, 7) is 0.319. The fraction of sp³-hybridized carbons (Fsp3) is 0.625. The van der Waals surface area contributed by atoms with Crippen LogP contribution in [0.5, 0.6) is 0 Å². The molecule has 0 fully saturated rings. The fourth-order valence-electron chi connectivity index (χ4n) is 0.785. The second kappa shape index (κ2) is 6.75. The highest BCUT2D eigenvalue weighted by molar-refractivity contribution is 5.90. The van der Waals surface area contributed by atoms with Gasteiger partial charge in [0, 0.05) is 0 Å². The van der Waals surface area contributed by atoms with Gasteiger partial charge in [-0.25, -0.2) is 0 Å². The fourth-order valence-corrected chi connectivity index (χ4v) is 0.785. The number of amides is 2. The Balaban J connectivity index is 4.05. The number of nitrogens with one attached hydrogen (secondary N) is 2. The molecule has 8 nitrogen and oxygen atoms in total. The van der Waals surface area contributed by atoms with Crippen LogP contribution in [0.15, 0.2) is 0 Å². The van der Waals surface area contributed by atoms with E-state index in [-0.39, 0.29) is 0 Å². The molecule has 0 rings (SSSR count). The van der Waals surface area contributed by atoms with Crippen LogP contribution in [-0.2, 0) is 14.4 Å². The third-order valence-electron chi connectivity index (χ3n) is 1.70. The van der Waals surface area contributed by atoms with Gasteiger partial charge in [0.15, 0.2) is 0 Å². The van der Waals surface area contributed by atoms with E-state index >= 15 is 0 Å². The van der Waals surface area contributed by atoms with Crippen LogP contribution in [0, 0.1) is 0 Å². The number of carboxylic acids is 1. The maximum absolute atomic E-state index is 11.2. The van der Waals surface area contributed by atoms with E-state index < -0.39 is 43.0 Å². The van der Waals surface area contributed by atoms with Gasteiger partial charge >= 0.3 is 5.97 Å². The van der Waals surface area contributed by atoms with Crippen molar-refractivity contribution in [3.8, 4) is 0 Å². The zero-order valence-corrected chi connectivity index (χ0v) is 8.77. The van der Waals surface area contributed by atoms with Gasteiger partial charge in [0.2, 0.25) is 11.8 Å². The van der Waals surface area contributed by atoms with E-state index in [0.717, 1.165) is 0 Å². The molecule has 2 amide bonds. The quantitative estimate of drug-likeness (QED) is 0.331. The number of aliphatic carboxylic acids is 1. The lowest BCUT2D eigenvalue weighted by molar-refractivity contribution is -0.138. The molecule has 92 valence electrons. The second-order valence-electron chi connectivity index (χ2n) is 3.13. The standard InChI is InChI=1S/C8H15N3O5/c1-4(7(15)10-2-6(13)14)11-8(16)5(9)3-12/h4-5,12H,2-3,9H2,1H3,(H,10,15)(H,11,16)(H,13,14). The minimum absolute atomic E-state index is 0.523. The highest BCUT2D eigenvalue weighted by Gasteiger charge is 2.19. The van der Waals surface area contributed by atoms with Crippen LogP contribution in [0.25, 0.3) is 0 Å². The number of aliphatic hydroxyl groups excluding tert-OH is 1. The Labute approximate surface area is 91.8 Å². The molecule has 0 aromatic rings. The van der Waals surface area contributed by atoms with Crippen molar-refractivity contribution < 1.29 is 24.6 Å². The zero-order valence-electron chi connectivity index (χ0n) is 8.77. The summed E-state index contributed by atoms with van der Waals surface area (Å²) in [5.74, 6) is -2.50. The first-order valence-corrected chi connectivity index (χ1v) is 4.54. The van der Waals surface area contributed by atoms with Crippen LogP contribution in [0.3, 0.4) is 0 Å². The summed E-state index contributed by atoms with van der Waals surface area (Å²) < 4.78 is 0. The van der Waals surface area contributed by atoms with Gasteiger partial charge in [-0.1, -0.05) is 0 Å². The summed E-state index contributed by atoms with van der Waals surface area (Å²) in [5.41, 5.74) is 5.20. The minimum atomic E-state index is -1.18. The zero-order chi connectivity index (χ0) is 12.7. The average molecular weight is 233 g/mol. The molecule has 0 aliphatic heterocycles. The number of nitrogens with two attached hydrogens (primary N) is 1. The van der Waals surface area contributed by atoms with Crippen molar-refractivity contribution in [1.29, 1.82) is 0 Å². The molecule has 0 aromatic carbocycles. The van der Waals surface area contributed by atoms with Crippen LogP contribution in [0.4, 0.5) is 0 Å². The molecule has 6 N–H and O–H groups in total. The predicted molar refractivity (Wildman–Crippen MR) is 53.3 cm³/mol. The number of carbonyl (C=O) groups excluding carboxylic acids is 2. The van der Waals surface area contributed by atoms with Gasteiger partial charge in [-0.3, -0.25) is 14.4 Å². The Morgan fingerprint density at radius 2 is 1.88 bits per heavy atom. The van der Waals surface area contributed by atoms with E-state index in [1.807, 2.05) is 0 Å². The first kappa shape index (κ1) is 14.3. The molecule has 8 heteroatoms. The molecule has 0 radical (unpaired) electrons. The number of hydrogen-bond acceptors (Lipinski definition) is 5. The van der Waals surface area contributed by atoms with Crippen LogP contribution in [-0.4, -0.2) is 53.2 Å². The van der Waals surface area contributed by atoms with Crippen molar-refractivity contribution in [3.63, 3.8) is 0 Å². The topological polar surface area (TPSA) is 142 Å². The summed E-state index contributed by atoms with van der Waals surface area (Å²) >= 11 is 0. The van der Waals surface area contributed by atoms with Crippen molar-refractivity contribution in [2.24, 2.45) is 5.73 Å². The summed E-state index contributed by atoms with van der Waals surface area (Å²) in [6, 6.07) is -2.01. The molecule has 0 saturated carbocycles. The molecule has 2 unspecified atom stereocenters. The van der Waals surface area contributed by atoms with Crippen LogP contribution in [0.1, 0.15) is 6.92 Å². The smallest absolute Gasteiger partial charge is 0.322 e. The molecule has 0 spiro atoms. The van der Waals surface area contributed by atoms with E-state index in [1.165, 1.54) is 6.92 Å². The van der Waals surface area contributed by atoms with E-state index in [2.05, 4.69) is 10.6 Å². The van der Waals surface area contributed by atoms with E-state index in [0.29, 0.717) is 0 Å². The lowest BCUT2D eigenvalue weighted by Crippen LogP contribution is -2.51. The number of hydrogen-bond donors (Lipinski definition) is 5. The Kier molecular flexibility index (Phi) is 6.04. The Bertz CT molecular complexity index is 281. The number of carboxylic acid groups (broad SMARTS) is 1. The normalized spacial score (nSPS) is 13.7. The van der Waals surface area contributed by atoms with Crippen molar-refractivity contribution in [2.75, 3.05) is 13.2 Å². The molecular weight excluding hydrogens is 218 g/mol. The van der Waals surface area contributed by atoms with Gasteiger partial charge < -0.3 is 26.6 Å². The molecule has 0 aromatic heterocycles. The van der Waals surface area contributed by atoms with E-state index in [9.17, 15) is 14.4 Å². The van der Waals surface area contributed by atoms with Crippen molar-refractivity contribution >= 4 is 17.8 Å². The maximum Gasteiger partial charge on any atom is 0.322 e. The largest absolute Gasteiger partial charge is 0.480 e. The average Bonchev–Trinajstić information content (AvgIpc) is 2.24. The van der Waals surface area contributed by atoms with Gasteiger partial charge in [-0.2, -0.15) is 0 Å². The molecule has 0 heterocycles. The minimum Gasteiger partial charge on any atom is -0.480 e. The van der Waals surface area contributed by atoms with Gasteiger partial charge in [-0.05, 0) is 6.92 Å². The number of rotatable bonds is 6. The third-order valence-corrected chi connectivity index (χ3v) is 1.70. The highest BCUT2D eigenvalue weighted by Crippen LogP contribution is 1.85. The molecule has 0 saturated heterocycles. The monoisotopic (exact) mass is 233 g/mol. The van der Waals surface area contributed by atoms with Crippen molar-refractivity contribution in [3.05, 3.63) is 0 Å². The van der Waals surface area contributed by atoms with Gasteiger partial charge in [0.05, 0.1) is 6.61 Å². The summed E-state index contributed by atoms with van der Waals surface area (Å²) in [5, 5.41) is 21.2. The summed E-state index contributed by atoms with van der Waals surface area (Å²) in [4.78, 5) is 32.5. The first-order chi connectivity index (χ1) is 7.38. The molecular formula is C8H15N3O5. The molecule has 0 bridgehead atoms. The van der Waals surface area contributed by atoms with Crippen molar-refractivity contribution in [1.82, 2.24) is 10.6 Å². The summed E-state index contributed by atoms with van der Waals surface area (Å²) in [7, 11) is 0. The highest BCUT2D eigenvalue weighted by atomic mass is 16.4. The Morgan fingerprint density at radius 1 is 1.31 bits per heavy atom. The molecule has 0 aliphatic rings. The van der Waals surface area contributed by atoms with Crippen LogP contribution in [0.2, 0.25) is 0 Å². The van der Waals surface area contributed by atoms with Crippen molar-refractivity contribution in [2.45, 2.75) is 19.0 Å². The predicted octanol–water partition coefficient (Wildman–Crippen LogP) is -2.99. The number of aliphatic hydroxyl groups is 1. The van der Waals surface area contributed by atoms with Gasteiger partial charge in [0.25, 0.3) is 0 Å². The van der Waals surface area contributed by atoms with Crippen LogP contribution < -0.4 is 16.4 Å². The summed E-state index contributed by atoms with van der Waals surface area (Å²) in [6.07, 6.45) is 0. The molecule has 2 atom stereocenters. The molecule has 16 heavy (non-hydrogen) atoms. The third kappa shape index (κ3) is 5.27. The maximum atomic E-state index is 11.2. The van der Waals surface area contributed by atoms with E-state index in [1.54, 1.807) is 0 Å². The second-order valence-corrected chi connectivity index (χ2v) is 3.13. The Hall–Kier alpha value is -1.67. The first-order valence-electron chi connectivity index (χ1n) is 4.54. The van der Waals surface area contributed by atoms with Gasteiger partial charge in [-0.15, -0.1) is 0 Å². The SMILES string of the molecule is CC(NC(=O)C(N)CO)C(=O)NCC(=O)O. The van der Waals surface area contributed by atoms with E-state index in [4.69, 9.17) is 15.9 Å². The Morgan fingerprint density at radius 3 is 2.31 bits per heavy atom. The lowest BCUT2D eigenvalue weighted by atomic mass is 10.2. The van der Waals surface area contributed by atoms with Crippen LogP contribution >= 0.6 is 0 Å². The number of carbonyl (C=O) groups is 3. The molecule has 0 aliphatic carbocycles. The lowest BCUT2D eigenvalue weighted by Gasteiger charge is -2.15.